The van der Waals surface area contributed by atoms with E-state index in [2.05, 4.69) is 26.3 Å². The zero-order valence-corrected chi connectivity index (χ0v) is 36.9. The number of aromatic nitrogens is 1. The first-order chi connectivity index (χ1) is 30.9. The number of phenolic OH excluding ortho intramolecular Hbond substituents is 1. The van der Waals surface area contributed by atoms with E-state index in [4.69, 9.17) is 11.5 Å². The molecule has 3 aromatic carbocycles. The number of nitrogens with zero attached hydrogens (tertiary/aromatic N) is 2. The SMILES string of the molecule is CCCC[C@@H](C(=O)N[C@@H](CC(=O)O)C(=O)N(C)[C@@H](Cc1ccccc1)C(N)=O)N(C)C(=O)[C@H](Cc1c[nH]c2ccccc12)NC(=O)CNC(=O)[C@H](Cc1ccc(O)cc1)NC(=O)[C@H](C)N. The molecule has 11 N–H and O–H groups in total. The summed E-state index contributed by atoms with van der Waals surface area (Å²) in [7, 11) is 2.65. The lowest BCUT2D eigenvalue weighted by Gasteiger charge is -2.33. The van der Waals surface area contributed by atoms with Gasteiger partial charge >= 0.3 is 5.97 Å². The molecule has 7 amide bonds. The Hall–Kier alpha value is -7.28. The number of H-pyrrole nitrogens is 1. The molecule has 1 aromatic heterocycles. The third kappa shape index (κ3) is 14.6. The third-order valence-electron chi connectivity index (χ3n) is 10.9. The number of aromatic hydroxyl groups is 1. The normalized spacial score (nSPS) is 13.8. The highest BCUT2D eigenvalue weighted by Crippen LogP contribution is 2.21. The molecule has 4 rings (SSSR count). The molecule has 348 valence electrons. The van der Waals surface area contributed by atoms with Gasteiger partial charge in [-0.2, -0.15) is 0 Å². The number of unbranched alkanes of at least 4 members (excludes halogenated alkanes) is 1. The highest BCUT2D eigenvalue weighted by Gasteiger charge is 2.37. The molecular formula is C46H59N9O10. The number of nitrogens with one attached hydrogen (secondary N) is 5. The van der Waals surface area contributed by atoms with Crippen LogP contribution in [0.1, 0.15) is 56.2 Å². The number of aromatic amines is 1. The first-order valence-corrected chi connectivity index (χ1v) is 21.2. The maximum atomic E-state index is 14.6. The summed E-state index contributed by atoms with van der Waals surface area (Å²) in [5.41, 5.74) is 14.1. The monoisotopic (exact) mass is 897 g/mol. The number of carbonyl (C=O) groups excluding carboxylic acids is 7. The number of carboxylic acid groups (broad SMARTS) is 1. The summed E-state index contributed by atoms with van der Waals surface area (Å²) in [4.78, 5) is 112. The molecule has 65 heavy (non-hydrogen) atoms. The largest absolute Gasteiger partial charge is 0.508 e. The molecule has 0 spiro atoms. The van der Waals surface area contributed by atoms with E-state index in [1.165, 1.54) is 33.2 Å². The van der Waals surface area contributed by atoms with Crippen LogP contribution in [0.2, 0.25) is 0 Å². The molecule has 19 heteroatoms. The van der Waals surface area contributed by atoms with E-state index >= 15 is 0 Å². The molecular weight excluding hydrogens is 839 g/mol. The van der Waals surface area contributed by atoms with Crippen molar-refractivity contribution < 1.29 is 48.6 Å². The Morgan fingerprint density at radius 1 is 0.708 bits per heavy atom. The van der Waals surface area contributed by atoms with Gasteiger partial charge in [0.15, 0.2) is 0 Å². The molecule has 0 aliphatic heterocycles. The smallest absolute Gasteiger partial charge is 0.305 e. The first-order valence-electron chi connectivity index (χ1n) is 21.2. The van der Waals surface area contributed by atoms with Crippen LogP contribution in [0.4, 0.5) is 0 Å². The zero-order valence-electron chi connectivity index (χ0n) is 36.9. The molecule has 0 saturated carbocycles. The van der Waals surface area contributed by atoms with Gasteiger partial charge in [-0.15, -0.1) is 0 Å². The fraction of sp³-hybridized carbons (Fsp3) is 0.391. The fourth-order valence-electron chi connectivity index (χ4n) is 7.24. The highest BCUT2D eigenvalue weighted by atomic mass is 16.4. The molecule has 0 fully saturated rings. The van der Waals surface area contributed by atoms with Crippen molar-refractivity contribution in [3.8, 4) is 5.75 Å². The summed E-state index contributed by atoms with van der Waals surface area (Å²) in [6.45, 7) is 2.69. The number of rotatable bonds is 24. The molecule has 0 bridgehead atoms. The minimum atomic E-state index is -1.66. The van der Waals surface area contributed by atoms with E-state index in [1.54, 1.807) is 54.7 Å². The summed E-state index contributed by atoms with van der Waals surface area (Å²) in [6, 6.07) is 14.5. The van der Waals surface area contributed by atoms with Crippen molar-refractivity contribution in [1.82, 2.24) is 36.1 Å². The van der Waals surface area contributed by atoms with Crippen molar-refractivity contribution >= 4 is 58.2 Å². The summed E-state index contributed by atoms with van der Waals surface area (Å²) < 4.78 is 0. The lowest BCUT2D eigenvalue weighted by molar-refractivity contribution is -0.147. The van der Waals surface area contributed by atoms with Gasteiger partial charge in [-0.25, -0.2) is 0 Å². The summed E-state index contributed by atoms with van der Waals surface area (Å²) in [5, 5.41) is 30.6. The summed E-state index contributed by atoms with van der Waals surface area (Å²) in [6.07, 6.45) is 1.92. The molecule has 19 nitrogen and oxygen atoms in total. The lowest BCUT2D eigenvalue weighted by Crippen LogP contribution is -2.59. The maximum absolute atomic E-state index is 14.6. The first kappa shape index (κ1) is 50.4. The van der Waals surface area contributed by atoms with Crippen LogP contribution >= 0.6 is 0 Å². The lowest BCUT2D eigenvalue weighted by atomic mass is 10.0. The minimum Gasteiger partial charge on any atom is -0.508 e. The number of primary amides is 1. The number of hydrogen-bond acceptors (Lipinski definition) is 10. The number of hydrogen-bond donors (Lipinski definition) is 9. The molecule has 0 aliphatic carbocycles. The van der Waals surface area contributed by atoms with Crippen LogP contribution in [-0.2, 0) is 57.6 Å². The highest BCUT2D eigenvalue weighted by molar-refractivity contribution is 5.98. The Balaban J connectivity index is 1.58. The number of likely N-dealkylation sites (N-methyl/N-ethyl adjacent to an activating group) is 2. The predicted molar refractivity (Wildman–Crippen MR) is 240 cm³/mol. The quantitative estimate of drug-likeness (QED) is 0.0470. The Kier molecular flexibility index (Phi) is 18.6. The van der Waals surface area contributed by atoms with Crippen LogP contribution in [-0.4, -0.2) is 129 Å². The Bertz CT molecular complexity index is 2300. The van der Waals surface area contributed by atoms with Crippen LogP contribution in [0, 0.1) is 0 Å². The van der Waals surface area contributed by atoms with Crippen molar-refractivity contribution in [2.24, 2.45) is 11.5 Å². The van der Waals surface area contributed by atoms with Crippen LogP contribution in [0.25, 0.3) is 10.9 Å². The standard InChI is InChI=1S/C46H59N9O10/c1-5-6-16-37(44(63)53-36(24-40(58)59)46(65)55(4)38(41(48)60)22-28-12-8-7-9-13-28)54(3)45(64)35(23-30-25-49-33-15-11-10-14-32(30)33)51-39(57)26-50-43(62)34(52-42(61)27(2)47)21-29-17-19-31(56)20-18-29/h7-15,17-20,25,27,34-38,49,56H,5-6,16,21-24,26,47H2,1-4H3,(H2,48,60)(H,50,62)(H,51,57)(H,52,61)(H,53,63)(H,58,59)/t27-,34-,35-,36-,37-,38-/m0/s1. The maximum Gasteiger partial charge on any atom is 0.305 e. The average Bonchev–Trinajstić information content (AvgIpc) is 3.69. The van der Waals surface area contributed by atoms with Crippen LogP contribution in [0.15, 0.2) is 85.1 Å². The van der Waals surface area contributed by atoms with Gasteiger partial charge in [0.05, 0.1) is 19.0 Å². The summed E-state index contributed by atoms with van der Waals surface area (Å²) in [5.74, 6) is -6.84. The molecule has 0 unspecified atom stereocenters. The number of aliphatic carboxylic acids is 1. The van der Waals surface area contributed by atoms with Gasteiger partial charge in [0, 0.05) is 50.5 Å². The average molecular weight is 898 g/mol. The second-order valence-electron chi connectivity index (χ2n) is 15.9. The van der Waals surface area contributed by atoms with Crippen molar-refractivity contribution in [3.63, 3.8) is 0 Å². The van der Waals surface area contributed by atoms with Crippen molar-refractivity contribution in [2.75, 3.05) is 20.6 Å². The number of carboxylic acids is 1. The third-order valence-corrected chi connectivity index (χ3v) is 10.9. The molecule has 1 heterocycles. The van der Waals surface area contributed by atoms with Crippen LogP contribution in [0.5, 0.6) is 5.75 Å². The number of fused-ring (bicyclic) bond motifs is 1. The van der Waals surface area contributed by atoms with Crippen LogP contribution < -0.4 is 32.7 Å². The minimum absolute atomic E-state index is 0.000890. The topological polar surface area (TPSA) is 299 Å². The second-order valence-corrected chi connectivity index (χ2v) is 15.9. The zero-order chi connectivity index (χ0) is 47.8. The molecule has 0 saturated heterocycles. The molecule has 0 radical (unpaired) electrons. The number of amides is 7. The Morgan fingerprint density at radius 2 is 1.31 bits per heavy atom. The number of carbonyl (C=O) groups is 8. The van der Waals surface area contributed by atoms with E-state index in [9.17, 15) is 48.6 Å². The summed E-state index contributed by atoms with van der Waals surface area (Å²) >= 11 is 0. The van der Waals surface area contributed by atoms with Gasteiger partial charge in [0.2, 0.25) is 41.4 Å². The van der Waals surface area contributed by atoms with Crippen LogP contribution in [0.3, 0.4) is 0 Å². The molecule has 6 atom stereocenters. The Morgan fingerprint density at radius 3 is 1.94 bits per heavy atom. The van der Waals surface area contributed by atoms with E-state index < -0.39 is 96.5 Å². The van der Waals surface area contributed by atoms with Gasteiger partial charge in [-0.05, 0) is 48.2 Å². The second kappa shape index (κ2) is 24.0. The van der Waals surface area contributed by atoms with Gasteiger partial charge in [0.1, 0.15) is 36.0 Å². The number of nitrogens with two attached hydrogens (primary N) is 2. The van der Waals surface area contributed by atoms with Gasteiger partial charge < -0.3 is 57.7 Å². The van der Waals surface area contributed by atoms with Crippen molar-refractivity contribution in [2.45, 2.75) is 95.0 Å². The van der Waals surface area contributed by atoms with E-state index in [0.717, 1.165) is 20.7 Å². The number of phenols is 1. The Labute approximate surface area is 376 Å². The van der Waals surface area contributed by atoms with E-state index in [-0.39, 0.29) is 31.4 Å². The number of para-hydroxylation sites is 1. The predicted octanol–water partition coefficient (Wildman–Crippen LogP) is 0.623. The number of benzene rings is 3. The van der Waals surface area contributed by atoms with Gasteiger partial charge in [-0.1, -0.05) is 80.4 Å². The molecule has 0 aliphatic rings. The van der Waals surface area contributed by atoms with Gasteiger partial charge in [0.25, 0.3) is 0 Å². The fourth-order valence-corrected chi connectivity index (χ4v) is 7.24. The van der Waals surface area contributed by atoms with E-state index in [1.807, 2.05) is 25.1 Å². The van der Waals surface area contributed by atoms with E-state index in [0.29, 0.717) is 29.5 Å². The van der Waals surface area contributed by atoms with Gasteiger partial charge in [-0.3, -0.25) is 38.4 Å². The molecule has 4 aromatic rings. The van der Waals surface area contributed by atoms with Crippen molar-refractivity contribution in [1.29, 1.82) is 0 Å². The van der Waals surface area contributed by atoms with Crippen molar-refractivity contribution in [3.05, 3.63) is 102 Å².